The highest BCUT2D eigenvalue weighted by Crippen LogP contribution is 2.37. The largest absolute Gasteiger partial charge is 0.508 e. The molecule has 1 aromatic heterocycles. The number of aromatic hydroxyl groups is 1. The summed E-state index contributed by atoms with van der Waals surface area (Å²) in [6, 6.07) is 5.07. The second-order valence-corrected chi connectivity index (χ2v) is 6.66. The summed E-state index contributed by atoms with van der Waals surface area (Å²) in [6.45, 7) is -0.174. The number of aromatic nitrogens is 2. The Bertz CT molecular complexity index is 830. The molecule has 1 aliphatic rings. The molecule has 140 valence electrons. The lowest BCUT2D eigenvalue weighted by molar-refractivity contribution is -0.143. The van der Waals surface area contributed by atoms with Gasteiger partial charge in [-0.3, -0.25) is 9.48 Å². The van der Waals surface area contributed by atoms with Gasteiger partial charge in [-0.2, -0.15) is 18.3 Å². The number of fused-ring (bicyclic) bond motifs is 1. The highest BCUT2D eigenvalue weighted by atomic mass is 19.4. The second-order valence-electron chi connectivity index (χ2n) is 6.66. The third kappa shape index (κ3) is 3.40. The Balaban J connectivity index is 1.84. The number of phenolic OH excluding ortho intramolecular Hbond substituents is 1. The van der Waals surface area contributed by atoms with E-state index in [-0.39, 0.29) is 23.8 Å². The van der Waals surface area contributed by atoms with Crippen molar-refractivity contribution in [2.45, 2.75) is 37.9 Å². The number of phenols is 1. The maximum Gasteiger partial charge on any atom is 0.435 e. The van der Waals surface area contributed by atoms with E-state index in [2.05, 4.69) is 5.10 Å². The Kier molecular flexibility index (Phi) is 4.68. The van der Waals surface area contributed by atoms with Crippen LogP contribution in [0.4, 0.5) is 13.2 Å². The zero-order valence-electron chi connectivity index (χ0n) is 14.5. The molecule has 26 heavy (non-hydrogen) atoms. The fraction of sp³-hybridized carbons (Fsp3) is 0.444. The number of rotatable bonds is 3. The van der Waals surface area contributed by atoms with Gasteiger partial charge >= 0.3 is 6.18 Å². The Morgan fingerprint density at radius 1 is 1.42 bits per heavy atom. The average Bonchev–Trinajstić information content (AvgIpc) is 2.95. The van der Waals surface area contributed by atoms with Gasteiger partial charge in [0.2, 0.25) is 5.91 Å². The number of carbonyl (C=O) groups excluding carboxylic acids is 1. The van der Waals surface area contributed by atoms with Crippen molar-refractivity contribution in [1.29, 1.82) is 0 Å². The molecule has 1 heterocycles. The zero-order chi connectivity index (χ0) is 19.1. The van der Waals surface area contributed by atoms with E-state index in [9.17, 15) is 23.1 Å². The Morgan fingerprint density at radius 3 is 2.85 bits per heavy atom. The second kappa shape index (κ2) is 6.66. The predicted molar refractivity (Wildman–Crippen MR) is 88.5 cm³/mol. The first-order chi connectivity index (χ1) is 12.2. The first-order valence-electron chi connectivity index (χ1n) is 8.34. The molecule has 0 saturated heterocycles. The summed E-state index contributed by atoms with van der Waals surface area (Å²) in [5, 5.41) is 13.5. The highest BCUT2D eigenvalue weighted by Gasteiger charge is 2.38. The normalized spacial score (nSPS) is 17.0. The number of carbonyl (C=O) groups is 1. The minimum atomic E-state index is -4.57. The molecular weight excluding hydrogens is 347 g/mol. The topological polar surface area (TPSA) is 58.4 Å². The van der Waals surface area contributed by atoms with Crippen LogP contribution in [0, 0.1) is 0 Å². The first kappa shape index (κ1) is 18.3. The van der Waals surface area contributed by atoms with E-state index in [1.165, 1.54) is 25.2 Å². The Morgan fingerprint density at radius 2 is 2.15 bits per heavy atom. The molecule has 0 spiro atoms. The molecule has 0 bridgehead atoms. The van der Waals surface area contributed by atoms with Crippen LogP contribution >= 0.6 is 0 Å². The number of likely N-dealkylation sites (N-methyl/N-ethyl adjacent to an activating group) is 1. The van der Waals surface area contributed by atoms with Crippen molar-refractivity contribution in [2.24, 2.45) is 7.05 Å². The molecule has 0 saturated carbocycles. The molecular formula is C18H20F3N3O2. The van der Waals surface area contributed by atoms with Crippen LogP contribution in [0.25, 0.3) is 0 Å². The van der Waals surface area contributed by atoms with Crippen molar-refractivity contribution in [3.05, 3.63) is 46.8 Å². The van der Waals surface area contributed by atoms with Crippen molar-refractivity contribution in [1.82, 2.24) is 14.7 Å². The van der Waals surface area contributed by atoms with Crippen LogP contribution in [0.5, 0.6) is 5.75 Å². The summed E-state index contributed by atoms with van der Waals surface area (Å²) in [7, 11) is 2.91. The number of nitrogens with zero attached hydrogens (tertiary/aromatic N) is 3. The van der Waals surface area contributed by atoms with Gasteiger partial charge in [-0.05, 0) is 36.5 Å². The van der Waals surface area contributed by atoms with E-state index in [0.29, 0.717) is 12.8 Å². The molecule has 1 N–H and O–H groups in total. The van der Waals surface area contributed by atoms with E-state index in [1.54, 1.807) is 18.2 Å². The van der Waals surface area contributed by atoms with Crippen LogP contribution in [0.2, 0.25) is 0 Å². The monoisotopic (exact) mass is 367 g/mol. The SMILES string of the molecule is CN(Cc1cn(C)nc1C(F)(F)F)C(=O)C1CCCc2c(O)cccc21. The fourth-order valence-corrected chi connectivity index (χ4v) is 3.58. The van der Waals surface area contributed by atoms with E-state index >= 15 is 0 Å². The highest BCUT2D eigenvalue weighted by molar-refractivity contribution is 5.84. The molecule has 1 unspecified atom stereocenters. The lowest BCUT2D eigenvalue weighted by Gasteiger charge is -2.29. The number of halogens is 3. The molecule has 1 amide bonds. The number of aryl methyl sites for hydroxylation is 1. The zero-order valence-corrected chi connectivity index (χ0v) is 14.5. The van der Waals surface area contributed by atoms with Gasteiger partial charge in [-0.1, -0.05) is 12.1 Å². The number of hydrogen-bond donors (Lipinski definition) is 1. The van der Waals surface area contributed by atoms with Crippen LogP contribution in [0.1, 0.15) is 41.1 Å². The van der Waals surface area contributed by atoms with Crippen molar-refractivity contribution in [2.75, 3.05) is 7.05 Å². The van der Waals surface area contributed by atoms with Gasteiger partial charge in [0.05, 0.1) is 5.92 Å². The molecule has 0 aliphatic heterocycles. The first-order valence-corrected chi connectivity index (χ1v) is 8.34. The average molecular weight is 367 g/mol. The van der Waals surface area contributed by atoms with Crippen molar-refractivity contribution in [3.8, 4) is 5.75 Å². The van der Waals surface area contributed by atoms with Gasteiger partial charge < -0.3 is 10.0 Å². The van der Waals surface area contributed by atoms with Crippen LogP contribution in [0.15, 0.2) is 24.4 Å². The van der Waals surface area contributed by atoms with Gasteiger partial charge in [0.1, 0.15) is 5.75 Å². The summed E-state index contributed by atoms with van der Waals surface area (Å²) >= 11 is 0. The summed E-state index contributed by atoms with van der Waals surface area (Å²) < 4.78 is 40.4. The van der Waals surface area contributed by atoms with Gasteiger partial charge in [0.15, 0.2) is 5.69 Å². The number of hydrogen-bond acceptors (Lipinski definition) is 3. The number of benzene rings is 1. The van der Waals surface area contributed by atoms with Crippen LogP contribution < -0.4 is 0 Å². The molecule has 3 rings (SSSR count). The quantitative estimate of drug-likeness (QED) is 0.906. The molecule has 0 radical (unpaired) electrons. The van der Waals surface area contributed by atoms with Gasteiger partial charge in [-0.25, -0.2) is 0 Å². The van der Waals surface area contributed by atoms with Crippen molar-refractivity contribution < 1.29 is 23.1 Å². The molecule has 0 fully saturated rings. The van der Waals surface area contributed by atoms with Gasteiger partial charge in [0.25, 0.3) is 0 Å². The third-order valence-corrected chi connectivity index (χ3v) is 4.74. The third-order valence-electron chi connectivity index (χ3n) is 4.74. The van der Waals surface area contributed by atoms with E-state index in [1.807, 2.05) is 0 Å². The smallest absolute Gasteiger partial charge is 0.435 e. The minimum Gasteiger partial charge on any atom is -0.508 e. The Hall–Kier alpha value is -2.51. The summed E-state index contributed by atoms with van der Waals surface area (Å²) in [6.07, 6.45) is -1.23. The van der Waals surface area contributed by atoms with Crippen LogP contribution in [0.3, 0.4) is 0 Å². The maximum absolute atomic E-state index is 13.1. The fourth-order valence-electron chi connectivity index (χ4n) is 3.58. The molecule has 1 atom stereocenters. The maximum atomic E-state index is 13.1. The van der Waals surface area contributed by atoms with E-state index in [4.69, 9.17) is 0 Å². The summed E-state index contributed by atoms with van der Waals surface area (Å²) in [5.74, 6) is -0.551. The lowest BCUT2D eigenvalue weighted by Crippen LogP contribution is -2.33. The minimum absolute atomic E-state index is 0.0391. The summed E-state index contributed by atoms with van der Waals surface area (Å²) in [4.78, 5) is 14.2. The Labute approximate surface area is 149 Å². The lowest BCUT2D eigenvalue weighted by atomic mass is 9.81. The molecule has 1 aliphatic carbocycles. The van der Waals surface area contributed by atoms with Gasteiger partial charge in [-0.15, -0.1) is 0 Å². The van der Waals surface area contributed by atoms with Crippen molar-refractivity contribution >= 4 is 5.91 Å². The van der Waals surface area contributed by atoms with E-state index in [0.717, 1.165) is 22.2 Å². The number of amides is 1. The molecule has 8 heteroatoms. The number of alkyl halides is 3. The van der Waals surface area contributed by atoms with Crippen molar-refractivity contribution in [3.63, 3.8) is 0 Å². The van der Waals surface area contributed by atoms with Gasteiger partial charge in [0, 0.05) is 32.4 Å². The molecule has 1 aromatic carbocycles. The summed E-state index contributed by atoms with van der Waals surface area (Å²) in [5.41, 5.74) is 0.502. The van der Waals surface area contributed by atoms with E-state index < -0.39 is 17.8 Å². The van der Waals surface area contributed by atoms with Crippen LogP contribution in [-0.4, -0.2) is 32.7 Å². The molecule has 5 nitrogen and oxygen atoms in total. The standard InChI is InChI=1S/C18H20F3N3O2/c1-23(9-11-10-24(2)22-16(11)18(19,20)21)17(26)14-7-3-6-13-12(14)5-4-8-15(13)25/h4-5,8,10,14,25H,3,6-7,9H2,1-2H3. The predicted octanol–water partition coefficient (Wildman–Crippen LogP) is 3.22. The molecule has 2 aromatic rings. The van der Waals surface area contributed by atoms with Crippen LogP contribution in [-0.2, 0) is 31.0 Å².